The third-order valence-corrected chi connectivity index (χ3v) is 5.13. The fraction of sp³-hybridized carbons (Fsp3) is 0.429. The van der Waals surface area contributed by atoms with Crippen molar-refractivity contribution in [1.29, 1.82) is 0 Å². The number of hydrogen-bond acceptors (Lipinski definition) is 5. The summed E-state index contributed by atoms with van der Waals surface area (Å²) < 4.78 is 10.7. The highest BCUT2D eigenvalue weighted by Crippen LogP contribution is 2.38. The highest BCUT2D eigenvalue weighted by molar-refractivity contribution is 6.01. The number of amides is 1. The van der Waals surface area contributed by atoms with Crippen molar-refractivity contribution in [1.82, 2.24) is 9.88 Å². The molecular weight excluding hydrogens is 342 g/mol. The van der Waals surface area contributed by atoms with Crippen LogP contribution in [-0.4, -0.2) is 42.1 Å². The second kappa shape index (κ2) is 7.96. The van der Waals surface area contributed by atoms with E-state index in [1.165, 1.54) is 0 Å². The number of hydrogen-bond donors (Lipinski definition) is 1. The van der Waals surface area contributed by atoms with E-state index in [2.05, 4.69) is 4.98 Å². The number of carbonyl (C=O) groups is 1. The summed E-state index contributed by atoms with van der Waals surface area (Å²) in [6.07, 6.45) is 4.16. The molecule has 6 nitrogen and oxygen atoms in total. The van der Waals surface area contributed by atoms with Crippen molar-refractivity contribution >= 4 is 5.91 Å². The van der Waals surface area contributed by atoms with Crippen molar-refractivity contribution in [2.24, 2.45) is 5.73 Å². The third kappa shape index (κ3) is 4.22. The smallest absolute Gasteiger partial charge is 0.258 e. The zero-order valence-electron chi connectivity index (χ0n) is 16.2. The first-order chi connectivity index (χ1) is 12.9. The van der Waals surface area contributed by atoms with Crippen molar-refractivity contribution in [3.05, 3.63) is 53.3 Å². The zero-order valence-corrected chi connectivity index (χ0v) is 16.2. The number of methoxy groups -OCH3 is 2. The maximum atomic E-state index is 12.9. The molecule has 0 radical (unpaired) electrons. The Labute approximate surface area is 160 Å². The van der Waals surface area contributed by atoms with Gasteiger partial charge < -0.3 is 20.1 Å². The maximum absolute atomic E-state index is 12.9. The number of fused-ring (bicyclic) bond motifs is 1. The van der Waals surface area contributed by atoms with Gasteiger partial charge in [-0.1, -0.05) is 12.1 Å². The lowest BCUT2D eigenvalue weighted by Gasteiger charge is -2.27. The first-order valence-corrected chi connectivity index (χ1v) is 9.17. The molecule has 0 saturated heterocycles. The van der Waals surface area contributed by atoms with Crippen LogP contribution in [0.1, 0.15) is 41.4 Å². The summed E-state index contributed by atoms with van der Waals surface area (Å²) >= 11 is 0. The molecule has 2 heterocycles. The van der Waals surface area contributed by atoms with E-state index in [9.17, 15) is 4.79 Å². The van der Waals surface area contributed by atoms with Gasteiger partial charge in [0.25, 0.3) is 5.91 Å². The standard InChI is InChI=1S/C21H27N3O3/c1-21(22,10-9-16-6-4-5-12-23-16)11-13-24-14-15-7-8-17(26-2)19(27-3)18(15)20(24)25/h4-8,12H,9-11,13-14,22H2,1-3H3. The van der Waals surface area contributed by atoms with Gasteiger partial charge in [0.15, 0.2) is 11.5 Å². The lowest BCUT2D eigenvalue weighted by Crippen LogP contribution is -2.41. The van der Waals surface area contributed by atoms with Gasteiger partial charge in [0.2, 0.25) is 0 Å². The lowest BCUT2D eigenvalue weighted by atomic mass is 9.92. The summed E-state index contributed by atoms with van der Waals surface area (Å²) in [7, 11) is 3.13. The van der Waals surface area contributed by atoms with Gasteiger partial charge in [0, 0.05) is 30.5 Å². The van der Waals surface area contributed by atoms with E-state index < -0.39 is 0 Å². The van der Waals surface area contributed by atoms with E-state index in [-0.39, 0.29) is 11.4 Å². The molecule has 0 saturated carbocycles. The average molecular weight is 369 g/mol. The minimum absolute atomic E-state index is 0.0266. The minimum atomic E-state index is -0.367. The number of benzene rings is 1. The Morgan fingerprint density at radius 3 is 2.67 bits per heavy atom. The molecule has 0 bridgehead atoms. The number of nitrogens with two attached hydrogens (primary N) is 1. The Morgan fingerprint density at radius 2 is 2.00 bits per heavy atom. The molecule has 0 fully saturated rings. The molecule has 1 aromatic heterocycles. The molecule has 1 amide bonds. The Bertz CT molecular complexity index is 806. The number of carbonyl (C=O) groups excluding carboxylic acids is 1. The fourth-order valence-corrected chi connectivity index (χ4v) is 3.43. The van der Waals surface area contributed by atoms with Gasteiger partial charge >= 0.3 is 0 Å². The topological polar surface area (TPSA) is 77.7 Å². The maximum Gasteiger partial charge on any atom is 0.258 e. The van der Waals surface area contributed by atoms with E-state index >= 15 is 0 Å². The number of pyridine rings is 1. The molecule has 0 spiro atoms. The molecule has 2 aromatic rings. The van der Waals surface area contributed by atoms with Crippen LogP contribution in [0.25, 0.3) is 0 Å². The van der Waals surface area contributed by atoms with Crippen molar-refractivity contribution < 1.29 is 14.3 Å². The molecular formula is C21H27N3O3. The van der Waals surface area contributed by atoms with Crippen molar-refractivity contribution in [3.63, 3.8) is 0 Å². The van der Waals surface area contributed by atoms with Gasteiger partial charge in [0.1, 0.15) is 0 Å². The minimum Gasteiger partial charge on any atom is -0.493 e. The third-order valence-electron chi connectivity index (χ3n) is 5.13. The number of aromatic nitrogens is 1. The molecule has 1 aromatic carbocycles. The number of aryl methyl sites for hydroxylation is 1. The van der Waals surface area contributed by atoms with E-state index in [1.54, 1.807) is 20.4 Å². The predicted octanol–water partition coefficient (Wildman–Crippen LogP) is 2.79. The molecule has 1 atom stereocenters. The molecule has 27 heavy (non-hydrogen) atoms. The quantitative estimate of drug-likeness (QED) is 0.774. The van der Waals surface area contributed by atoms with E-state index in [1.807, 2.05) is 42.2 Å². The summed E-state index contributed by atoms with van der Waals surface area (Å²) in [5.41, 5.74) is 8.72. The fourth-order valence-electron chi connectivity index (χ4n) is 3.43. The molecule has 144 valence electrons. The number of rotatable bonds is 8. The SMILES string of the molecule is COc1ccc2c(c1OC)C(=O)N(CCC(C)(N)CCc1ccccn1)C2. The Kier molecular flexibility index (Phi) is 5.65. The van der Waals surface area contributed by atoms with Gasteiger partial charge in [-0.2, -0.15) is 0 Å². The first-order valence-electron chi connectivity index (χ1n) is 9.17. The first kappa shape index (κ1) is 19.2. The van der Waals surface area contributed by atoms with E-state index in [0.29, 0.717) is 30.2 Å². The van der Waals surface area contributed by atoms with Crippen LogP contribution < -0.4 is 15.2 Å². The van der Waals surface area contributed by atoms with Gasteiger partial charge in [0.05, 0.1) is 19.8 Å². The summed E-state index contributed by atoms with van der Waals surface area (Å²) in [5, 5.41) is 0. The summed E-state index contributed by atoms with van der Waals surface area (Å²) in [4.78, 5) is 19.1. The van der Waals surface area contributed by atoms with Crippen LogP contribution in [0.4, 0.5) is 0 Å². The van der Waals surface area contributed by atoms with Gasteiger partial charge in [-0.25, -0.2) is 0 Å². The molecule has 1 aliphatic rings. The number of ether oxygens (including phenoxy) is 2. The second-order valence-corrected chi connectivity index (χ2v) is 7.29. The van der Waals surface area contributed by atoms with Crippen LogP contribution in [-0.2, 0) is 13.0 Å². The molecule has 0 aliphatic carbocycles. The van der Waals surface area contributed by atoms with Gasteiger partial charge in [-0.05, 0) is 49.9 Å². The summed E-state index contributed by atoms with van der Waals surface area (Å²) in [6, 6.07) is 9.67. The van der Waals surface area contributed by atoms with Crippen LogP contribution in [0.5, 0.6) is 11.5 Å². The van der Waals surface area contributed by atoms with Crippen molar-refractivity contribution in [3.8, 4) is 11.5 Å². The Hall–Kier alpha value is -2.60. The van der Waals surface area contributed by atoms with Crippen LogP contribution in [0.3, 0.4) is 0 Å². The molecule has 6 heteroatoms. The molecule has 3 rings (SSSR count). The normalized spacial score (nSPS) is 15.4. The van der Waals surface area contributed by atoms with Crippen LogP contribution >= 0.6 is 0 Å². The van der Waals surface area contributed by atoms with Gasteiger partial charge in [-0.15, -0.1) is 0 Å². The highest BCUT2D eigenvalue weighted by Gasteiger charge is 2.33. The van der Waals surface area contributed by atoms with Crippen molar-refractivity contribution in [2.75, 3.05) is 20.8 Å². The lowest BCUT2D eigenvalue weighted by molar-refractivity contribution is 0.0763. The average Bonchev–Trinajstić information content (AvgIpc) is 3.01. The number of nitrogens with zero attached hydrogens (tertiary/aromatic N) is 2. The summed E-state index contributed by atoms with van der Waals surface area (Å²) in [5.74, 6) is 1.06. The molecule has 1 aliphatic heterocycles. The predicted molar refractivity (Wildman–Crippen MR) is 104 cm³/mol. The van der Waals surface area contributed by atoms with Gasteiger partial charge in [-0.3, -0.25) is 9.78 Å². The summed E-state index contributed by atoms with van der Waals surface area (Å²) in [6.45, 7) is 3.21. The second-order valence-electron chi connectivity index (χ2n) is 7.29. The molecule has 2 N–H and O–H groups in total. The van der Waals surface area contributed by atoms with Crippen LogP contribution in [0, 0.1) is 0 Å². The van der Waals surface area contributed by atoms with E-state index in [4.69, 9.17) is 15.2 Å². The van der Waals surface area contributed by atoms with E-state index in [0.717, 1.165) is 30.5 Å². The molecule has 1 unspecified atom stereocenters. The van der Waals surface area contributed by atoms with Crippen molar-refractivity contribution in [2.45, 2.75) is 38.3 Å². The van der Waals surface area contributed by atoms with Crippen LogP contribution in [0.2, 0.25) is 0 Å². The Balaban J connectivity index is 1.62. The monoisotopic (exact) mass is 369 g/mol. The zero-order chi connectivity index (χ0) is 19.4. The highest BCUT2D eigenvalue weighted by atomic mass is 16.5. The Morgan fingerprint density at radius 1 is 1.19 bits per heavy atom. The van der Waals surface area contributed by atoms with Crippen LogP contribution in [0.15, 0.2) is 36.5 Å². The largest absolute Gasteiger partial charge is 0.493 e.